The van der Waals surface area contributed by atoms with E-state index in [2.05, 4.69) is 4.74 Å². The van der Waals surface area contributed by atoms with E-state index in [4.69, 9.17) is 16.3 Å². The van der Waals surface area contributed by atoms with Crippen molar-refractivity contribution in [2.45, 2.75) is 6.18 Å². The van der Waals surface area contributed by atoms with Gasteiger partial charge >= 0.3 is 25.9 Å². The molecule has 31 heavy (non-hydrogen) atoms. The number of fused-ring (bicyclic) bond motifs is 1. The summed E-state index contributed by atoms with van der Waals surface area (Å²) in [5.41, 5.74) is -3.45. The first-order valence-corrected chi connectivity index (χ1v) is 11.0. The van der Waals surface area contributed by atoms with Crippen LogP contribution in [-0.2, 0) is 20.0 Å². The minimum absolute atomic E-state index is 0.471. The Bertz CT molecular complexity index is 1230. The number of hydrogen-bond acceptors (Lipinski definition) is 7. The molecule has 1 heterocycles. The molecule has 2 aromatic rings. The van der Waals surface area contributed by atoms with Gasteiger partial charge in [0, 0.05) is 0 Å². The fraction of sp³-hybridized carbons (Fsp3) is 0.133. The van der Waals surface area contributed by atoms with Gasteiger partial charge in [0.2, 0.25) is 0 Å². The predicted octanol–water partition coefficient (Wildman–Crippen LogP) is 2.74. The van der Waals surface area contributed by atoms with Gasteiger partial charge in [0.15, 0.2) is 11.3 Å². The van der Waals surface area contributed by atoms with Crippen molar-refractivity contribution < 1.29 is 51.3 Å². The smallest absolute Gasteiger partial charge is 0.465 e. The Kier molecular flexibility index (Phi) is 5.62. The van der Waals surface area contributed by atoms with E-state index in [1.807, 2.05) is 0 Å². The number of carbonyl (C=O) groups is 1. The monoisotopic (exact) mass is 500 g/mol. The lowest BCUT2D eigenvalue weighted by molar-refractivity contribution is -0.383. The number of nitro benzene ring substituents is 1. The molecule has 2 N–H and O–H groups in total. The van der Waals surface area contributed by atoms with Crippen molar-refractivity contribution >= 4 is 54.6 Å². The largest absolute Gasteiger partial charge is 0.551 e. The van der Waals surface area contributed by atoms with E-state index in [0.717, 1.165) is 13.2 Å². The van der Waals surface area contributed by atoms with Gasteiger partial charge in [0.1, 0.15) is 16.4 Å². The molecule has 2 atom stereocenters. The molecule has 0 aromatic heterocycles. The van der Waals surface area contributed by atoms with Crippen LogP contribution in [0.1, 0.15) is 15.9 Å². The Labute approximate surface area is 175 Å². The van der Waals surface area contributed by atoms with Crippen LogP contribution in [0.4, 0.5) is 18.9 Å². The fourth-order valence-electron chi connectivity index (χ4n) is 2.80. The SMILES string of the molecule is COC(=O)c1c([N+](=O)[O-])c2c(c(Oc3ccc(C(F)(F)F)cc3Cl)c1[P+](=O)O)P2(=O)O. The molecule has 1 aliphatic heterocycles. The molecule has 0 aliphatic carbocycles. The summed E-state index contributed by atoms with van der Waals surface area (Å²) in [6.45, 7) is 0. The van der Waals surface area contributed by atoms with Crippen molar-refractivity contribution in [1.29, 1.82) is 0 Å². The van der Waals surface area contributed by atoms with Gasteiger partial charge in [-0.25, -0.2) is 4.79 Å². The summed E-state index contributed by atoms with van der Waals surface area (Å²) >= 11 is 5.78. The lowest BCUT2D eigenvalue weighted by Gasteiger charge is -2.11. The van der Waals surface area contributed by atoms with Crippen molar-refractivity contribution in [3.63, 3.8) is 0 Å². The van der Waals surface area contributed by atoms with Crippen molar-refractivity contribution in [3.8, 4) is 11.5 Å². The quantitative estimate of drug-likeness (QED) is 0.273. The van der Waals surface area contributed by atoms with E-state index in [0.29, 0.717) is 12.1 Å². The maximum atomic E-state index is 12.8. The maximum absolute atomic E-state index is 12.8. The van der Waals surface area contributed by atoms with E-state index in [9.17, 15) is 47.0 Å². The highest BCUT2D eigenvalue weighted by molar-refractivity contribution is 7.85. The molecule has 0 fully saturated rings. The zero-order chi connectivity index (χ0) is 23.5. The number of esters is 1. The minimum atomic E-state index is -4.75. The molecule has 0 bridgehead atoms. The standard InChI is InChI=1S/C15H7ClF3NO9P2/c1-28-14(21)8-9(20(22)23)12-13(31(12,26)27)10(11(8)30(24)25)29-7-3-2-5(4-6(7)16)15(17,18)19/h2-4H,1H3,(H-,24,25,26,27)/p+1. The second-order valence-corrected chi connectivity index (χ2v) is 9.39. The van der Waals surface area contributed by atoms with Crippen LogP contribution in [0.25, 0.3) is 0 Å². The average molecular weight is 501 g/mol. The first kappa shape index (κ1) is 23.1. The number of nitro groups is 1. The number of carbonyl (C=O) groups excluding carboxylic acids is 1. The number of rotatable bonds is 5. The van der Waals surface area contributed by atoms with Crippen molar-refractivity contribution in [2.75, 3.05) is 7.11 Å². The first-order chi connectivity index (χ1) is 14.2. The zero-order valence-electron chi connectivity index (χ0n) is 14.8. The molecule has 0 spiro atoms. The van der Waals surface area contributed by atoms with Gasteiger partial charge < -0.3 is 14.4 Å². The molecule has 2 unspecified atom stereocenters. The molecular formula is C15H8ClF3NO9P2+. The Balaban J connectivity index is 2.30. The molecule has 0 saturated carbocycles. The van der Waals surface area contributed by atoms with E-state index in [-0.39, 0.29) is 0 Å². The van der Waals surface area contributed by atoms with Gasteiger partial charge in [-0.1, -0.05) is 11.6 Å². The van der Waals surface area contributed by atoms with E-state index < -0.39 is 81.7 Å². The molecule has 0 saturated heterocycles. The van der Waals surface area contributed by atoms with Crippen LogP contribution in [0, 0.1) is 10.1 Å². The molecule has 3 rings (SSSR count). The third-order valence-electron chi connectivity index (χ3n) is 4.14. The normalized spacial score (nSPS) is 17.6. The maximum Gasteiger partial charge on any atom is 0.551 e. The van der Waals surface area contributed by atoms with E-state index >= 15 is 0 Å². The summed E-state index contributed by atoms with van der Waals surface area (Å²) in [5.74, 6) is -2.89. The number of halogens is 4. The first-order valence-electron chi connectivity index (χ1n) is 7.74. The summed E-state index contributed by atoms with van der Waals surface area (Å²) < 4.78 is 72.5. The van der Waals surface area contributed by atoms with Gasteiger partial charge in [-0.15, -0.1) is 0 Å². The van der Waals surface area contributed by atoms with Gasteiger partial charge in [-0.2, -0.15) is 18.1 Å². The molecule has 0 radical (unpaired) electrons. The Morgan fingerprint density at radius 2 is 1.94 bits per heavy atom. The second-order valence-electron chi connectivity index (χ2n) is 5.94. The highest BCUT2D eigenvalue weighted by Gasteiger charge is 2.62. The highest BCUT2D eigenvalue weighted by Crippen LogP contribution is 2.58. The predicted molar refractivity (Wildman–Crippen MR) is 99.5 cm³/mol. The van der Waals surface area contributed by atoms with Crippen molar-refractivity contribution in [3.05, 3.63) is 44.5 Å². The summed E-state index contributed by atoms with van der Waals surface area (Å²) in [4.78, 5) is 42.1. The number of methoxy groups -OCH3 is 1. The molecule has 164 valence electrons. The highest BCUT2D eigenvalue weighted by atomic mass is 35.5. The summed E-state index contributed by atoms with van der Waals surface area (Å²) in [5, 5.41) is 8.24. The average Bonchev–Trinajstić information content (AvgIpc) is 3.22. The number of ether oxygens (including phenoxy) is 2. The number of nitrogens with zero attached hydrogens (tertiary/aromatic N) is 1. The van der Waals surface area contributed by atoms with Gasteiger partial charge in [0.05, 0.1) is 22.6 Å². The Morgan fingerprint density at radius 1 is 1.32 bits per heavy atom. The summed E-state index contributed by atoms with van der Waals surface area (Å²) in [7, 11) is -7.39. The molecule has 2 aromatic carbocycles. The van der Waals surface area contributed by atoms with Gasteiger partial charge in [-0.3, -0.25) is 14.7 Å². The van der Waals surface area contributed by atoms with Crippen molar-refractivity contribution in [2.24, 2.45) is 0 Å². The van der Waals surface area contributed by atoms with Crippen LogP contribution in [0.5, 0.6) is 11.5 Å². The molecular weight excluding hydrogens is 493 g/mol. The zero-order valence-corrected chi connectivity index (χ0v) is 17.4. The van der Waals surface area contributed by atoms with Crippen LogP contribution >= 0.6 is 27.0 Å². The molecule has 10 nitrogen and oxygen atoms in total. The number of hydrogen-bond donors (Lipinski definition) is 2. The van der Waals surface area contributed by atoms with Gasteiger partial charge in [-0.05, 0) is 22.8 Å². The molecule has 16 heteroatoms. The third-order valence-corrected chi connectivity index (χ3v) is 7.10. The van der Waals surface area contributed by atoms with E-state index in [1.165, 1.54) is 0 Å². The van der Waals surface area contributed by atoms with Crippen LogP contribution in [-0.4, -0.2) is 27.8 Å². The van der Waals surface area contributed by atoms with Gasteiger partial charge in [0.25, 0.3) is 12.7 Å². The Morgan fingerprint density at radius 3 is 2.39 bits per heavy atom. The number of benzene rings is 2. The van der Waals surface area contributed by atoms with Crippen molar-refractivity contribution in [1.82, 2.24) is 0 Å². The van der Waals surface area contributed by atoms with Crippen LogP contribution in [0.2, 0.25) is 5.02 Å². The van der Waals surface area contributed by atoms with Crippen LogP contribution in [0.15, 0.2) is 18.2 Å². The van der Waals surface area contributed by atoms with E-state index in [1.54, 1.807) is 0 Å². The van der Waals surface area contributed by atoms with Crippen LogP contribution < -0.4 is 20.7 Å². The minimum Gasteiger partial charge on any atom is -0.465 e. The third kappa shape index (κ3) is 3.79. The Hall–Kier alpha value is -2.56. The fourth-order valence-corrected chi connectivity index (χ4v) is 5.65. The number of alkyl halides is 3. The molecule has 0 amide bonds. The van der Waals surface area contributed by atoms with Crippen LogP contribution in [0.3, 0.4) is 0 Å². The second kappa shape index (κ2) is 7.54. The lowest BCUT2D eigenvalue weighted by Crippen LogP contribution is -2.23. The topological polar surface area (TPSA) is 153 Å². The summed E-state index contributed by atoms with van der Waals surface area (Å²) in [6.07, 6.45) is -4.75. The molecule has 1 aliphatic rings. The summed E-state index contributed by atoms with van der Waals surface area (Å²) in [6, 6.07) is 1.76. The lowest BCUT2D eigenvalue weighted by atomic mass is 10.1.